The molecular weight excluding hydrogens is 256 g/mol. The van der Waals surface area contributed by atoms with Crippen molar-refractivity contribution in [2.75, 3.05) is 31.7 Å². The van der Waals surface area contributed by atoms with Gasteiger partial charge in [-0.15, -0.1) is 0 Å². The molecular formula is C11H22N2O4S. The van der Waals surface area contributed by atoms with Gasteiger partial charge in [0.1, 0.15) is 16.4 Å². The van der Waals surface area contributed by atoms with E-state index in [0.717, 1.165) is 32.2 Å². The van der Waals surface area contributed by atoms with Crippen molar-refractivity contribution >= 4 is 15.7 Å². The SMILES string of the molecule is CC(CS(C)(=O)=O)NC(=O)COC1CCNCC1. The van der Waals surface area contributed by atoms with Crippen molar-refractivity contribution in [2.45, 2.75) is 31.9 Å². The van der Waals surface area contributed by atoms with Crippen molar-refractivity contribution in [1.29, 1.82) is 0 Å². The maximum absolute atomic E-state index is 11.5. The third-order valence-corrected chi connectivity index (χ3v) is 3.80. The van der Waals surface area contributed by atoms with Crippen LogP contribution < -0.4 is 10.6 Å². The number of hydrogen-bond acceptors (Lipinski definition) is 5. The van der Waals surface area contributed by atoms with Gasteiger partial charge >= 0.3 is 0 Å². The van der Waals surface area contributed by atoms with Gasteiger partial charge in [-0.3, -0.25) is 4.79 Å². The fourth-order valence-corrected chi connectivity index (χ4v) is 2.96. The molecule has 6 nitrogen and oxygen atoms in total. The van der Waals surface area contributed by atoms with E-state index in [4.69, 9.17) is 4.74 Å². The molecule has 1 saturated heterocycles. The number of rotatable bonds is 6. The monoisotopic (exact) mass is 278 g/mol. The number of amides is 1. The zero-order chi connectivity index (χ0) is 13.6. The Morgan fingerprint density at radius 1 is 1.44 bits per heavy atom. The van der Waals surface area contributed by atoms with Crippen LogP contribution in [-0.4, -0.2) is 58.2 Å². The van der Waals surface area contributed by atoms with Gasteiger partial charge in [0.05, 0.1) is 11.9 Å². The van der Waals surface area contributed by atoms with Crippen LogP contribution >= 0.6 is 0 Å². The second-order valence-electron chi connectivity index (χ2n) is 4.82. The first kappa shape index (κ1) is 15.4. The quantitative estimate of drug-likeness (QED) is 0.671. The molecule has 0 aromatic rings. The molecule has 1 amide bonds. The standard InChI is InChI=1S/C11H22N2O4S/c1-9(8-18(2,15)16)13-11(14)7-17-10-3-5-12-6-4-10/h9-10,12H,3-8H2,1-2H3,(H,13,14). The van der Waals surface area contributed by atoms with Crippen molar-refractivity contribution in [1.82, 2.24) is 10.6 Å². The van der Waals surface area contributed by atoms with E-state index in [9.17, 15) is 13.2 Å². The minimum absolute atomic E-state index is 0.00122. The fraction of sp³-hybridized carbons (Fsp3) is 0.909. The number of hydrogen-bond donors (Lipinski definition) is 2. The van der Waals surface area contributed by atoms with Gasteiger partial charge in [0, 0.05) is 12.3 Å². The Morgan fingerprint density at radius 2 is 2.06 bits per heavy atom. The summed E-state index contributed by atoms with van der Waals surface area (Å²) in [4.78, 5) is 11.5. The molecule has 0 aliphatic carbocycles. The Morgan fingerprint density at radius 3 is 2.61 bits per heavy atom. The van der Waals surface area contributed by atoms with Crippen LogP contribution in [0.2, 0.25) is 0 Å². The van der Waals surface area contributed by atoms with Crippen LogP contribution in [0.4, 0.5) is 0 Å². The third-order valence-electron chi connectivity index (χ3n) is 2.70. The second-order valence-corrected chi connectivity index (χ2v) is 7.01. The van der Waals surface area contributed by atoms with Gasteiger partial charge in [0.25, 0.3) is 0 Å². The molecule has 0 aromatic carbocycles. The number of piperidine rings is 1. The zero-order valence-corrected chi connectivity index (χ0v) is 11.8. The van der Waals surface area contributed by atoms with E-state index in [0.29, 0.717) is 0 Å². The predicted molar refractivity (Wildman–Crippen MR) is 69.2 cm³/mol. The van der Waals surface area contributed by atoms with Gasteiger partial charge < -0.3 is 15.4 Å². The molecule has 18 heavy (non-hydrogen) atoms. The minimum Gasteiger partial charge on any atom is -0.368 e. The Hall–Kier alpha value is -0.660. The van der Waals surface area contributed by atoms with E-state index in [2.05, 4.69) is 10.6 Å². The van der Waals surface area contributed by atoms with Crippen molar-refractivity contribution in [3.8, 4) is 0 Å². The zero-order valence-electron chi connectivity index (χ0n) is 10.9. The van der Waals surface area contributed by atoms with E-state index in [1.165, 1.54) is 0 Å². The fourth-order valence-electron chi connectivity index (χ4n) is 1.97. The molecule has 1 fully saturated rings. The lowest BCUT2D eigenvalue weighted by Crippen LogP contribution is -2.41. The summed E-state index contributed by atoms with van der Waals surface area (Å²) >= 11 is 0. The summed E-state index contributed by atoms with van der Waals surface area (Å²) in [6.07, 6.45) is 3.10. The molecule has 0 aromatic heterocycles. The second kappa shape index (κ2) is 7.06. The highest BCUT2D eigenvalue weighted by atomic mass is 32.2. The van der Waals surface area contributed by atoms with Crippen molar-refractivity contribution in [2.24, 2.45) is 0 Å². The van der Waals surface area contributed by atoms with Gasteiger partial charge in [-0.1, -0.05) is 0 Å². The van der Waals surface area contributed by atoms with Gasteiger partial charge in [0.2, 0.25) is 5.91 Å². The summed E-state index contributed by atoms with van der Waals surface area (Å²) in [7, 11) is -3.07. The first-order valence-electron chi connectivity index (χ1n) is 6.16. The van der Waals surface area contributed by atoms with Crippen LogP contribution in [-0.2, 0) is 19.4 Å². The largest absolute Gasteiger partial charge is 0.368 e. The Bertz CT molecular complexity index is 363. The molecule has 1 aliphatic rings. The van der Waals surface area contributed by atoms with E-state index >= 15 is 0 Å². The molecule has 0 spiro atoms. The van der Waals surface area contributed by atoms with Gasteiger partial charge in [-0.2, -0.15) is 0 Å². The highest BCUT2D eigenvalue weighted by Gasteiger charge is 2.17. The predicted octanol–water partition coefficient (Wildman–Crippen LogP) is -0.696. The molecule has 1 atom stereocenters. The number of sulfone groups is 1. The van der Waals surface area contributed by atoms with Gasteiger partial charge in [-0.25, -0.2) is 8.42 Å². The molecule has 0 radical (unpaired) electrons. The number of ether oxygens (including phenoxy) is 1. The molecule has 0 saturated carbocycles. The van der Waals surface area contributed by atoms with Crippen molar-refractivity contribution < 1.29 is 17.9 Å². The molecule has 2 N–H and O–H groups in total. The van der Waals surface area contributed by atoms with Crippen molar-refractivity contribution in [3.05, 3.63) is 0 Å². The molecule has 1 rings (SSSR count). The average molecular weight is 278 g/mol. The maximum Gasteiger partial charge on any atom is 0.246 e. The Kier molecular flexibility index (Phi) is 6.04. The number of carbonyl (C=O) groups excluding carboxylic acids is 1. The van der Waals surface area contributed by atoms with Crippen LogP contribution in [0, 0.1) is 0 Å². The van der Waals surface area contributed by atoms with Crippen LogP contribution in [0.25, 0.3) is 0 Å². The first-order valence-corrected chi connectivity index (χ1v) is 8.22. The Balaban J connectivity index is 2.20. The van der Waals surface area contributed by atoms with Gasteiger partial charge in [0.15, 0.2) is 0 Å². The summed E-state index contributed by atoms with van der Waals surface area (Å²) in [5.74, 6) is -0.309. The van der Waals surface area contributed by atoms with E-state index in [-0.39, 0.29) is 30.4 Å². The Labute approximate surface area is 108 Å². The van der Waals surface area contributed by atoms with Crippen LogP contribution in [0.5, 0.6) is 0 Å². The van der Waals surface area contributed by atoms with E-state index in [1.807, 2.05) is 0 Å². The lowest BCUT2D eigenvalue weighted by molar-refractivity contribution is -0.128. The molecule has 106 valence electrons. The molecule has 1 aliphatic heterocycles. The summed E-state index contributed by atoms with van der Waals surface area (Å²) in [6, 6.07) is -0.385. The smallest absolute Gasteiger partial charge is 0.246 e. The average Bonchev–Trinajstić information content (AvgIpc) is 2.25. The van der Waals surface area contributed by atoms with E-state index in [1.54, 1.807) is 6.92 Å². The van der Waals surface area contributed by atoms with Crippen molar-refractivity contribution in [3.63, 3.8) is 0 Å². The van der Waals surface area contributed by atoms with Crippen LogP contribution in [0.1, 0.15) is 19.8 Å². The lowest BCUT2D eigenvalue weighted by atomic mass is 10.1. The lowest BCUT2D eigenvalue weighted by Gasteiger charge is -2.23. The van der Waals surface area contributed by atoms with Crippen LogP contribution in [0.3, 0.4) is 0 Å². The first-order chi connectivity index (χ1) is 8.37. The summed E-state index contributed by atoms with van der Waals surface area (Å²) in [5.41, 5.74) is 0. The highest BCUT2D eigenvalue weighted by Crippen LogP contribution is 2.06. The number of nitrogens with one attached hydrogen (secondary N) is 2. The summed E-state index contributed by atoms with van der Waals surface area (Å²) in [5, 5.41) is 5.83. The minimum atomic E-state index is -3.07. The summed E-state index contributed by atoms with van der Waals surface area (Å²) in [6.45, 7) is 3.50. The maximum atomic E-state index is 11.5. The molecule has 1 unspecified atom stereocenters. The number of carbonyl (C=O) groups is 1. The topological polar surface area (TPSA) is 84.5 Å². The normalized spacial score (nSPS) is 19.4. The van der Waals surface area contributed by atoms with Gasteiger partial charge in [-0.05, 0) is 32.9 Å². The molecule has 1 heterocycles. The molecule has 0 bridgehead atoms. The molecule has 7 heteroatoms. The summed E-state index contributed by atoms with van der Waals surface area (Å²) < 4.78 is 27.6. The highest BCUT2D eigenvalue weighted by molar-refractivity contribution is 7.90. The van der Waals surface area contributed by atoms with Crippen LogP contribution in [0.15, 0.2) is 0 Å². The third kappa shape index (κ3) is 6.93. The van der Waals surface area contributed by atoms with E-state index < -0.39 is 9.84 Å².